The smallest absolute Gasteiger partial charge is 0.242 e. The zero-order chi connectivity index (χ0) is 14.2. The lowest BCUT2D eigenvalue weighted by Gasteiger charge is -2.22. The molecule has 2 N–H and O–H groups in total. The van der Waals surface area contributed by atoms with Gasteiger partial charge >= 0.3 is 0 Å². The van der Waals surface area contributed by atoms with Crippen LogP contribution < -0.4 is 15.4 Å². The van der Waals surface area contributed by atoms with E-state index in [1.807, 2.05) is 24.3 Å². The molecule has 1 saturated heterocycles. The van der Waals surface area contributed by atoms with Gasteiger partial charge in [-0.3, -0.25) is 4.79 Å². The first-order chi connectivity index (χ1) is 9.79. The molecular weight excluding hydrogens is 276 g/mol. The van der Waals surface area contributed by atoms with Crippen molar-refractivity contribution >= 4 is 23.4 Å². The molecule has 2 rings (SSSR count). The maximum Gasteiger partial charge on any atom is 0.242 e. The molecule has 1 aliphatic rings. The van der Waals surface area contributed by atoms with E-state index in [9.17, 15) is 4.79 Å². The van der Waals surface area contributed by atoms with Crippen molar-refractivity contribution in [2.75, 3.05) is 43.7 Å². The fourth-order valence-electron chi connectivity index (χ4n) is 1.84. The van der Waals surface area contributed by atoms with Crippen molar-refractivity contribution in [3.8, 4) is 5.75 Å². The van der Waals surface area contributed by atoms with Crippen molar-refractivity contribution in [1.29, 1.82) is 0 Å². The van der Waals surface area contributed by atoms with Crippen LogP contribution in [0.5, 0.6) is 5.75 Å². The largest absolute Gasteiger partial charge is 0.491 e. The highest BCUT2D eigenvalue weighted by atomic mass is 32.2. The molecule has 0 radical (unpaired) electrons. The van der Waals surface area contributed by atoms with Gasteiger partial charge in [-0.1, -0.05) is 0 Å². The van der Waals surface area contributed by atoms with Gasteiger partial charge in [-0.25, -0.2) is 0 Å². The second kappa shape index (κ2) is 8.14. The number of rotatable bonds is 6. The molecule has 1 aliphatic heterocycles. The van der Waals surface area contributed by atoms with Crippen LogP contribution in [0.1, 0.15) is 0 Å². The Balaban J connectivity index is 1.81. The third-order valence-corrected chi connectivity index (χ3v) is 3.98. The van der Waals surface area contributed by atoms with Gasteiger partial charge in [0.15, 0.2) is 0 Å². The van der Waals surface area contributed by atoms with Gasteiger partial charge in [0, 0.05) is 30.8 Å². The van der Waals surface area contributed by atoms with Crippen LogP contribution in [-0.4, -0.2) is 50.3 Å². The summed E-state index contributed by atoms with van der Waals surface area (Å²) in [5, 5.41) is 6.12. The zero-order valence-electron chi connectivity index (χ0n) is 11.6. The van der Waals surface area contributed by atoms with Crippen molar-refractivity contribution in [3.05, 3.63) is 24.3 Å². The van der Waals surface area contributed by atoms with Gasteiger partial charge in [-0.05, 0) is 24.3 Å². The summed E-state index contributed by atoms with van der Waals surface area (Å²) in [6.07, 6.45) is 0. The minimum atomic E-state index is -0.105. The van der Waals surface area contributed by atoms with Gasteiger partial charge in [0.2, 0.25) is 5.91 Å². The van der Waals surface area contributed by atoms with Gasteiger partial charge in [0.25, 0.3) is 0 Å². The van der Waals surface area contributed by atoms with Gasteiger partial charge < -0.3 is 20.1 Å². The van der Waals surface area contributed by atoms with Gasteiger partial charge in [-0.15, -0.1) is 0 Å². The molecule has 6 heteroatoms. The van der Waals surface area contributed by atoms with Crippen LogP contribution in [0.2, 0.25) is 0 Å². The number of hydrogen-bond acceptors (Lipinski definition) is 5. The molecule has 1 heterocycles. The van der Waals surface area contributed by atoms with E-state index in [1.165, 1.54) is 0 Å². The second-order valence-electron chi connectivity index (χ2n) is 4.44. The Labute approximate surface area is 123 Å². The van der Waals surface area contributed by atoms with E-state index in [1.54, 1.807) is 18.9 Å². The lowest BCUT2D eigenvalue weighted by molar-refractivity contribution is -0.117. The van der Waals surface area contributed by atoms with Crippen LogP contribution in [0.4, 0.5) is 5.69 Å². The number of carbonyl (C=O) groups excluding carboxylic acids is 1. The van der Waals surface area contributed by atoms with Crippen molar-refractivity contribution < 1.29 is 14.3 Å². The average Bonchev–Trinajstić information content (AvgIpc) is 2.50. The highest BCUT2D eigenvalue weighted by Gasteiger charge is 2.20. The summed E-state index contributed by atoms with van der Waals surface area (Å²) in [4.78, 5) is 12.0. The highest BCUT2D eigenvalue weighted by Crippen LogP contribution is 2.16. The van der Waals surface area contributed by atoms with Crippen molar-refractivity contribution in [3.63, 3.8) is 0 Å². The summed E-state index contributed by atoms with van der Waals surface area (Å²) < 4.78 is 10.4. The van der Waals surface area contributed by atoms with E-state index in [-0.39, 0.29) is 11.9 Å². The molecule has 0 saturated carbocycles. The Morgan fingerprint density at radius 3 is 2.85 bits per heavy atom. The molecule has 20 heavy (non-hydrogen) atoms. The Morgan fingerprint density at radius 1 is 1.40 bits per heavy atom. The number of amides is 1. The summed E-state index contributed by atoms with van der Waals surface area (Å²) >= 11 is 1.80. The summed E-state index contributed by atoms with van der Waals surface area (Å²) in [5.41, 5.74) is 0.784. The standard InChI is InChI=1S/C14H20N2O3S/c1-18-7-8-19-12-4-2-11(3-5-12)16-14(17)13-10-20-9-6-15-13/h2-5,13,15H,6-10H2,1H3,(H,16,17). The molecule has 1 fully saturated rings. The number of hydrogen-bond donors (Lipinski definition) is 2. The lowest BCUT2D eigenvalue weighted by atomic mass is 10.2. The third kappa shape index (κ3) is 4.70. The van der Waals surface area contributed by atoms with Crippen LogP contribution in [0, 0.1) is 0 Å². The molecule has 110 valence electrons. The number of ether oxygens (including phenoxy) is 2. The minimum Gasteiger partial charge on any atom is -0.491 e. The van der Waals surface area contributed by atoms with Crippen LogP contribution in [0.3, 0.4) is 0 Å². The van der Waals surface area contributed by atoms with E-state index in [4.69, 9.17) is 9.47 Å². The van der Waals surface area contributed by atoms with Gasteiger partial charge in [0.1, 0.15) is 12.4 Å². The number of nitrogens with one attached hydrogen (secondary N) is 2. The Hall–Kier alpha value is -1.24. The number of anilines is 1. The predicted molar refractivity (Wildman–Crippen MR) is 81.6 cm³/mol. The first kappa shape index (κ1) is 15.2. The molecule has 1 aromatic rings. The number of benzene rings is 1. The molecule has 0 aromatic heterocycles. The first-order valence-electron chi connectivity index (χ1n) is 6.63. The number of methoxy groups -OCH3 is 1. The average molecular weight is 296 g/mol. The summed E-state index contributed by atoms with van der Waals surface area (Å²) in [6.45, 7) is 1.96. The summed E-state index contributed by atoms with van der Waals surface area (Å²) in [5.74, 6) is 2.68. The lowest BCUT2D eigenvalue weighted by Crippen LogP contribution is -2.46. The maximum absolute atomic E-state index is 12.0. The van der Waals surface area contributed by atoms with E-state index < -0.39 is 0 Å². The van der Waals surface area contributed by atoms with Crippen LogP contribution in [0.15, 0.2) is 24.3 Å². The first-order valence-corrected chi connectivity index (χ1v) is 7.79. The molecule has 1 aromatic carbocycles. The van der Waals surface area contributed by atoms with Crippen LogP contribution >= 0.6 is 11.8 Å². The molecule has 1 unspecified atom stereocenters. The molecule has 0 bridgehead atoms. The fourth-order valence-corrected chi connectivity index (χ4v) is 2.77. The van der Waals surface area contributed by atoms with E-state index in [0.29, 0.717) is 13.2 Å². The molecule has 0 spiro atoms. The Kier molecular flexibility index (Phi) is 6.17. The van der Waals surface area contributed by atoms with Gasteiger partial charge in [-0.2, -0.15) is 11.8 Å². The molecule has 1 amide bonds. The Bertz CT molecular complexity index is 419. The topological polar surface area (TPSA) is 59.6 Å². The number of carbonyl (C=O) groups is 1. The van der Waals surface area contributed by atoms with Crippen molar-refractivity contribution in [2.24, 2.45) is 0 Å². The molecule has 1 atom stereocenters. The van der Waals surface area contributed by atoms with Crippen molar-refractivity contribution in [2.45, 2.75) is 6.04 Å². The van der Waals surface area contributed by atoms with Crippen molar-refractivity contribution in [1.82, 2.24) is 5.32 Å². The monoisotopic (exact) mass is 296 g/mol. The minimum absolute atomic E-state index is 0.0188. The maximum atomic E-state index is 12.0. The fraction of sp³-hybridized carbons (Fsp3) is 0.500. The predicted octanol–water partition coefficient (Wildman–Crippen LogP) is 1.36. The van der Waals surface area contributed by atoms with E-state index in [0.717, 1.165) is 29.5 Å². The molecular formula is C14H20N2O3S. The van der Waals surface area contributed by atoms with Crippen LogP contribution in [-0.2, 0) is 9.53 Å². The van der Waals surface area contributed by atoms with E-state index >= 15 is 0 Å². The van der Waals surface area contributed by atoms with Gasteiger partial charge in [0.05, 0.1) is 12.6 Å². The quantitative estimate of drug-likeness (QED) is 0.776. The second-order valence-corrected chi connectivity index (χ2v) is 5.59. The highest BCUT2D eigenvalue weighted by molar-refractivity contribution is 7.99. The third-order valence-electron chi connectivity index (χ3n) is 2.92. The zero-order valence-corrected chi connectivity index (χ0v) is 12.4. The normalized spacial score (nSPS) is 18.6. The number of thioether (sulfide) groups is 1. The molecule has 0 aliphatic carbocycles. The van der Waals surface area contributed by atoms with Crippen LogP contribution in [0.25, 0.3) is 0 Å². The molecule has 5 nitrogen and oxygen atoms in total. The SMILES string of the molecule is COCCOc1ccc(NC(=O)C2CSCCN2)cc1. The summed E-state index contributed by atoms with van der Waals surface area (Å²) in [7, 11) is 1.64. The Morgan fingerprint density at radius 2 is 2.20 bits per heavy atom. The summed E-state index contributed by atoms with van der Waals surface area (Å²) in [6, 6.07) is 7.26. The van der Waals surface area contributed by atoms with E-state index in [2.05, 4.69) is 10.6 Å².